The molecule has 2 amide bonds. The Morgan fingerprint density at radius 2 is 1.84 bits per heavy atom. The first-order valence-electron chi connectivity index (χ1n) is 12.4. The zero-order valence-electron chi connectivity index (χ0n) is 22.1. The fraction of sp³-hybridized carbons (Fsp3) is 0.519. The third-order valence-electron chi connectivity index (χ3n) is 7.65. The molecule has 2 aromatic rings. The number of aromatic nitrogens is 1. The summed E-state index contributed by atoms with van der Waals surface area (Å²) in [4.78, 5) is 42.8. The standard InChI is InChI=1S/C27H34ClN3O5S/c1-14-11-22(37-6)20(26(34)30-14)13-29-25(33)19-12-21(28)24-23(15(19)2)35-27(4,36-24)17-7-9-18(10-8-17)31(5)16(3)32/h11-12,17-18H,7-10,13H2,1-6H3,(H,29,33)(H,30,34). The Labute approximate surface area is 226 Å². The molecule has 1 aliphatic heterocycles. The van der Waals surface area contributed by atoms with Gasteiger partial charge >= 0.3 is 0 Å². The molecule has 200 valence electrons. The largest absolute Gasteiger partial charge is 0.448 e. The van der Waals surface area contributed by atoms with Crippen LogP contribution in [0.3, 0.4) is 0 Å². The number of benzene rings is 1. The van der Waals surface area contributed by atoms with Gasteiger partial charge in [-0.1, -0.05) is 11.6 Å². The van der Waals surface area contributed by atoms with Crippen molar-refractivity contribution in [3.8, 4) is 11.5 Å². The number of hydrogen-bond acceptors (Lipinski definition) is 6. The summed E-state index contributed by atoms with van der Waals surface area (Å²) in [6, 6.07) is 3.70. The summed E-state index contributed by atoms with van der Waals surface area (Å²) in [6.45, 7) is 7.23. The van der Waals surface area contributed by atoms with E-state index in [1.807, 2.05) is 45.0 Å². The summed E-state index contributed by atoms with van der Waals surface area (Å²) in [5.74, 6) is -0.155. The van der Waals surface area contributed by atoms with Crippen LogP contribution in [0.25, 0.3) is 0 Å². The molecule has 1 atom stereocenters. The van der Waals surface area contributed by atoms with Gasteiger partial charge in [0.25, 0.3) is 17.3 Å². The van der Waals surface area contributed by atoms with E-state index in [4.69, 9.17) is 21.1 Å². The number of nitrogens with one attached hydrogen (secondary N) is 2. The van der Waals surface area contributed by atoms with Crippen molar-refractivity contribution in [2.24, 2.45) is 5.92 Å². The Kier molecular flexibility index (Phi) is 7.85. The van der Waals surface area contributed by atoms with Crippen LogP contribution in [0.2, 0.25) is 5.02 Å². The normalized spacial score (nSPS) is 22.6. The number of amides is 2. The van der Waals surface area contributed by atoms with Gasteiger partial charge in [0.1, 0.15) is 0 Å². The van der Waals surface area contributed by atoms with E-state index >= 15 is 0 Å². The Balaban J connectivity index is 1.50. The number of nitrogens with zero attached hydrogens (tertiary/aromatic N) is 1. The number of halogens is 1. The van der Waals surface area contributed by atoms with Crippen LogP contribution in [0.5, 0.6) is 11.5 Å². The molecule has 0 radical (unpaired) electrons. The lowest BCUT2D eigenvalue weighted by Crippen LogP contribution is -2.47. The fourth-order valence-corrected chi connectivity index (χ4v) is 6.23. The number of aryl methyl sites for hydroxylation is 1. The van der Waals surface area contributed by atoms with Crippen molar-refractivity contribution in [3.63, 3.8) is 0 Å². The van der Waals surface area contributed by atoms with Gasteiger partial charge < -0.3 is 24.7 Å². The van der Waals surface area contributed by atoms with Crippen molar-refractivity contribution in [3.05, 3.63) is 49.9 Å². The molecule has 1 saturated carbocycles. The summed E-state index contributed by atoms with van der Waals surface area (Å²) in [6.07, 6.45) is 5.33. The number of hydrogen-bond donors (Lipinski definition) is 2. The predicted molar refractivity (Wildman–Crippen MR) is 145 cm³/mol. The Morgan fingerprint density at radius 3 is 2.46 bits per heavy atom. The molecular formula is C27H34ClN3O5S. The minimum absolute atomic E-state index is 0.0697. The van der Waals surface area contributed by atoms with Crippen LogP contribution in [0.4, 0.5) is 0 Å². The van der Waals surface area contributed by atoms with E-state index in [0.717, 1.165) is 36.3 Å². The molecule has 0 saturated heterocycles. The highest BCUT2D eigenvalue weighted by Crippen LogP contribution is 2.51. The minimum Gasteiger partial charge on any atom is -0.448 e. The third kappa shape index (κ3) is 5.34. The van der Waals surface area contributed by atoms with E-state index in [1.54, 1.807) is 13.0 Å². The topological polar surface area (TPSA) is 101 Å². The Morgan fingerprint density at radius 1 is 1.19 bits per heavy atom. The number of H-pyrrole nitrogens is 1. The highest BCUT2D eigenvalue weighted by Gasteiger charge is 2.47. The average Bonchev–Trinajstić information content (AvgIpc) is 3.24. The van der Waals surface area contributed by atoms with Gasteiger partial charge in [-0.15, -0.1) is 11.8 Å². The molecule has 1 aliphatic carbocycles. The quantitative estimate of drug-likeness (QED) is 0.503. The number of carbonyl (C=O) groups is 2. The first-order valence-corrected chi connectivity index (χ1v) is 14.0. The molecule has 1 unspecified atom stereocenters. The molecule has 2 heterocycles. The molecule has 1 aromatic carbocycles. The van der Waals surface area contributed by atoms with Gasteiger partial charge in [-0.3, -0.25) is 14.4 Å². The number of aromatic amines is 1. The average molecular weight is 548 g/mol. The third-order valence-corrected chi connectivity index (χ3v) is 8.74. The van der Waals surface area contributed by atoms with E-state index in [-0.39, 0.29) is 35.9 Å². The van der Waals surface area contributed by atoms with Crippen molar-refractivity contribution < 1.29 is 19.1 Å². The number of carbonyl (C=O) groups excluding carboxylic acids is 2. The zero-order chi connectivity index (χ0) is 27.1. The van der Waals surface area contributed by atoms with Gasteiger partial charge in [0, 0.05) is 66.7 Å². The van der Waals surface area contributed by atoms with Crippen molar-refractivity contribution in [2.45, 2.75) is 76.6 Å². The van der Waals surface area contributed by atoms with Crippen LogP contribution in [0.1, 0.15) is 66.7 Å². The van der Waals surface area contributed by atoms with Gasteiger partial charge in [0.2, 0.25) is 5.91 Å². The molecule has 10 heteroatoms. The number of pyridine rings is 1. The van der Waals surface area contributed by atoms with E-state index < -0.39 is 5.79 Å². The highest BCUT2D eigenvalue weighted by atomic mass is 35.5. The van der Waals surface area contributed by atoms with Crippen molar-refractivity contribution >= 4 is 35.2 Å². The Bertz CT molecular complexity index is 1290. The van der Waals surface area contributed by atoms with E-state index in [1.165, 1.54) is 11.8 Å². The number of thioether (sulfide) groups is 1. The molecule has 0 bridgehead atoms. The lowest BCUT2D eigenvalue weighted by atomic mass is 9.81. The maximum absolute atomic E-state index is 13.2. The molecule has 0 spiro atoms. The Hall–Kier alpha value is -2.65. The maximum atomic E-state index is 13.2. The molecule has 37 heavy (non-hydrogen) atoms. The van der Waals surface area contributed by atoms with Crippen LogP contribution in [0.15, 0.2) is 21.8 Å². The lowest BCUT2D eigenvalue weighted by Gasteiger charge is -2.39. The highest BCUT2D eigenvalue weighted by molar-refractivity contribution is 7.98. The number of ether oxygens (including phenoxy) is 2. The van der Waals surface area contributed by atoms with E-state index in [2.05, 4.69) is 10.3 Å². The second-order valence-corrected chi connectivity index (χ2v) is 11.3. The van der Waals surface area contributed by atoms with Gasteiger partial charge in [0.15, 0.2) is 11.5 Å². The van der Waals surface area contributed by atoms with Crippen molar-refractivity contribution in [2.75, 3.05) is 13.3 Å². The van der Waals surface area contributed by atoms with Crippen LogP contribution in [0, 0.1) is 19.8 Å². The molecular weight excluding hydrogens is 514 g/mol. The fourth-order valence-electron chi connectivity index (χ4n) is 5.29. The molecule has 2 aliphatic rings. The molecule has 4 rings (SSSR count). The minimum atomic E-state index is -0.909. The monoisotopic (exact) mass is 547 g/mol. The summed E-state index contributed by atoms with van der Waals surface area (Å²) in [5, 5.41) is 3.16. The van der Waals surface area contributed by atoms with Gasteiger partial charge in [-0.25, -0.2) is 0 Å². The lowest BCUT2D eigenvalue weighted by molar-refractivity contribution is -0.135. The molecule has 8 nitrogen and oxygen atoms in total. The van der Waals surface area contributed by atoms with Crippen molar-refractivity contribution in [1.29, 1.82) is 0 Å². The van der Waals surface area contributed by atoms with Crippen molar-refractivity contribution in [1.82, 2.24) is 15.2 Å². The molecule has 1 fully saturated rings. The van der Waals surface area contributed by atoms with Gasteiger partial charge in [0.05, 0.1) is 5.02 Å². The second-order valence-electron chi connectivity index (χ2n) is 10.1. The van der Waals surface area contributed by atoms with Gasteiger partial charge in [-0.2, -0.15) is 0 Å². The summed E-state index contributed by atoms with van der Waals surface area (Å²) in [7, 11) is 1.85. The van der Waals surface area contributed by atoms with E-state index in [9.17, 15) is 14.4 Å². The van der Waals surface area contributed by atoms with Gasteiger partial charge in [-0.05, 0) is 57.9 Å². The smallest absolute Gasteiger partial charge is 0.254 e. The molecule has 1 aromatic heterocycles. The number of rotatable bonds is 6. The first kappa shape index (κ1) is 27.4. The summed E-state index contributed by atoms with van der Waals surface area (Å²) < 4.78 is 12.7. The number of fused-ring (bicyclic) bond motifs is 1. The summed E-state index contributed by atoms with van der Waals surface area (Å²) in [5.41, 5.74) is 2.07. The summed E-state index contributed by atoms with van der Waals surface area (Å²) >= 11 is 8.04. The first-order chi connectivity index (χ1) is 17.4. The van der Waals surface area contributed by atoms with Crippen LogP contribution in [-0.4, -0.2) is 46.8 Å². The second kappa shape index (κ2) is 10.6. The van der Waals surface area contributed by atoms with E-state index in [0.29, 0.717) is 33.2 Å². The van der Waals surface area contributed by atoms with Crippen LogP contribution in [-0.2, 0) is 11.3 Å². The van der Waals surface area contributed by atoms with Crippen LogP contribution < -0.4 is 20.3 Å². The zero-order valence-corrected chi connectivity index (χ0v) is 23.7. The van der Waals surface area contributed by atoms with Crippen LogP contribution >= 0.6 is 23.4 Å². The molecule has 2 N–H and O–H groups in total. The SMILES string of the molecule is CSc1cc(C)[nH]c(=O)c1CNC(=O)c1cc(Cl)c2c(c1C)OC(C)(C1CCC(N(C)C(C)=O)CC1)O2. The maximum Gasteiger partial charge on any atom is 0.254 e. The predicted octanol–water partition coefficient (Wildman–Crippen LogP) is 4.82.